The number of likely N-dealkylation sites (tertiary alicyclic amines) is 1. The summed E-state index contributed by atoms with van der Waals surface area (Å²) in [5.41, 5.74) is 0.145. The van der Waals surface area contributed by atoms with Crippen molar-refractivity contribution in [1.82, 2.24) is 10.2 Å². The first-order chi connectivity index (χ1) is 10.1. The summed E-state index contributed by atoms with van der Waals surface area (Å²) in [6, 6.07) is 4.00. The normalized spacial score (nSPS) is 25.5. The first-order valence-corrected chi connectivity index (χ1v) is 7.56. The molecular weight excluding hydrogens is 274 g/mol. The average molecular weight is 294 g/mol. The molecule has 114 valence electrons. The molecule has 0 unspecified atom stereocenters. The molecule has 0 aromatic heterocycles. The van der Waals surface area contributed by atoms with E-state index in [1.54, 1.807) is 0 Å². The van der Waals surface area contributed by atoms with Crippen molar-refractivity contribution >= 4 is 5.91 Å². The number of amides is 1. The first kappa shape index (κ1) is 14.4. The number of nitrogens with zero attached hydrogens (tertiary/aromatic N) is 1. The average Bonchev–Trinajstić information content (AvgIpc) is 2.82. The summed E-state index contributed by atoms with van der Waals surface area (Å²) in [4.78, 5) is 14.1. The van der Waals surface area contributed by atoms with Gasteiger partial charge in [-0.3, -0.25) is 4.79 Å². The minimum Gasteiger partial charge on any atom is -0.342 e. The monoisotopic (exact) mass is 294 g/mol. The molecular formula is C16H20F2N2O. The lowest BCUT2D eigenvalue weighted by molar-refractivity contribution is -0.130. The Bertz CT molecular complexity index is 521. The predicted octanol–water partition coefficient (Wildman–Crippen LogP) is 1.97. The number of hydrogen-bond donors (Lipinski definition) is 1. The maximum absolute atomic E-state index is 13.6. The number of fused-ring (bicyclic) bond motifs is 1. The van der Waals surface area contributed by atoms with Crippen LogP contribution in [0.1, 0.15) is 18.4 Å². The second-order valence-corrected chi connectivity index (χ2v) is 6.03. The van der Waals surface area contributed by atoms with Crippen LogP contribution >= 0.6 is 0 Å². The molecule has 0 saturated carbocycles. The van der Waals surface area contributed by atoms with Gasteiger partial charge in [0.1, 0.15) is 0 Å². The van der Waals surface area contributed by atoms with Crippen molar-refractivity contribution in [3.05, 3.63) is 35.4 Å². The highest BCUT2D eigenvalue weighted by molar-refractivity contribution is 5.78. The molecule has 2 atom stereocenters. The molecule has 21 heavy (non-hydrogen) atoms. The summed E-state index contributed by atoms with van der Waals surface area (Å²) in [5, 5.41) is 3.39. The van der Waals surface area contributed by atoms with Crippen molar-refractivity contribution in [1.29, 1.82) is 0 Å². The molecule has 1 N–H and O–H groups in total. The molecule has 3 nitrogen and oxygen atoms in total. The largest absolute Gasteiger partial charge is 0.342 e. The van der Waals surface area contributed by atoms with Crippen LogP contribution in [-0.2, 0) is 11.2 Å². The molecule has 1 aromatic rings. The van der Waals surface area contributed by atoms with Gasteiger partial charge < -0.3 is 10.2 Å². The van der Waals surface area contributed by atoms with Crippen LogP contribution in [0.4, 0.5) is 8.78 Å². The minimum atomic E-state index is -0.901. The molecule has 2 saturated heterocycles. The van der Waals surface area contributed by atoms with Gasteiger partial charge in [0.05, 0.1) is 6.42 Å². The topological polar surface area (TPSA) is 32.3 Å². The fourth-order valence-corrected chi connectivity index (χ4v) is 3.43. The Hall–Kier alpha value is -1.49. The Morgan fingerprint density at radius 1 is 1.19 bits per heavy atom. The third-order valence-electron chi connectivity index (χ3n) is 4.75. The fourth-order valence-electron chi connectivity index (χ4n) is 3.43. The molecule has 5 heteroatoms. The van der Waals surface area contributed by atoms with Crippen molar-refractivity contribution < 1.29 is 13.6 Å². The van der Waals surface area contributed by atoms with Gasteiger partial charge in [-0.25, -0.2) is 8.78 Å². The van der Waals surface area contributed by atoms with E-state index in [-0.39, 0.29) is 17.9 Å². The number of nitrogens with one attached hydrogen (secondary N) is 1. The van der Waals surface area contributed by atoms with E-state index in [9.17, 15) is 13.6 Å². The van der Waals surface area contributed by atoms with Crippen LogP contribution in [0.25, 0.3) is 0 Å². The van der Waals surface area contributed by atoms with E-state index >= 15 is 0 Å². The Balaban J connectivity index is 1.64. The summed E-state index contributed by atoms with van der Waals surface area (Å²) in [5.74, 6) is -0.603. The van der Waals surface area contributed by atoms with Gasteiger partial charge in [0.2, 0.25) is 5.91 Å². The molecule has 0 radical (unpaired) electrons. The minimum absolute atomic E-state index is 0.0584. The molecule has 0 aliphatic carbocycles. The quantitative estimate of drug-likeness (QED) is 0.904. The molecule has 2 aliphatic rings. The van der Waals surface area contributed by atoms with Crippen molar-refractivity contribution in [3.63, 3.8) is 0 Å². The zero-order valence-electron chi connectivity index (χ0n) is 11.9. The van der Waals surface area contributed by atoms with E-state index in [0.29, 0.717) is 11.8 Å². The SMILES string of the molecule is O=C(Cc1cccc(F)c1F)N1CC[C@@H]2CNC[C@@H]2CC1. The maximum Gasteiger partial charge on any atom is 0.227 e. The molecule has 0 spiro atoms. The Morgan fingerprint density at radius 2 is 1.86 bits per heavy atom. The Labute approximate surface area is 123 Å². The predicted molar refractivity (Wildman–Crippen MR) is 75.7 cm³/mol. The van der Waals surface area contributed by atoms with Crippen LogP contribution in [0.15, 0.2) is 18.2 Å². The Kier molecular flexibility index (Phi) is 4.19. The summed E-state index contributed by atoms with van der Waals surface area (Å²) in [6.07, 6.45) is 1.93. The highest BCUT2D eigenvalue weighted by Crippen LogP contribution is 2.27. The maximum atomic E-state index is 13.6. The molecule has 3 rings (SSSR count). The highest BCUT2D eigenvalue weighted by atomic mass is 19.2. The van der Waals surface area contributed by atoms with Crippen molar-refractivity contribution in [2.75, 3.05) is 26.2 Å². The lowest BCUT2D eigenvalue weighted by Gasteiger charge is -2.21. The third kappa shape index (κ3) is 3.07. The van der Waals surface area contributed by atoms with Crippen LogP contribution in [0.2, 0.25) is 0 Å². The number of hydrogen-bond acceptors (Lipinski definition) is 2. The third-order valence-corrected chi connectivity index (χ3v) is 4.75. The summed E-state index contributed by atoms with van der Waals surface area (Å²) < 4.78 is 26.8. The van der Waals surface area contributed by atoms with Gasteiger partial charge in [-0.15, -0.1) is 0 Å². The lowest BCUT2D eigenvalue weighted by atomic mass is 9.92. The van der Waals surface area contributed by atoms with Gasteiger partial charge in [0.25, 0.3) is 0 Å². The van der Waals surface area contributed by atoms with Crippen LogP contribution < -0.4 is 5.32 Å². The van der Waals surface area contributed by atoms with Crippen LogP contribution in [0.5, 0.6) is 0 Å². The van der Waals surface area contributed by atoms with Gasteiger partial charge in [-0.1, -0.05) is 12.1 Å². The molecule has 2 heterocycles. The number of carbonyl (C=O) groups excluding carboxylic acids is 1. The van der Waals surface area contributed by atoms with Gasteiger partial charge in [0.15, 0.2) is 11.6 Å². The zero-order valence-corrected chi connectivity index (χ0v) is 11.9. The summed E-state index contributed by atoms with van der Waals surface area (Å²) in [6.45, 7) is 3.51. The van der Waals surface area contributed by atoms with Gasteiger partial charge in [-0.05, 0) is 43.8 Å². The van der Waals surface area contributed by atoms with E-state index in [1.807, 2.05) is 4.90 Å². The van der Waals surface area contributed by atoms with Crippen molar-refractivity contribution in [3.8, 4) is 0 Å². The van der Waals surface area contributed by atoms with Gasteiger partial charge >= 0.3 is 0 Å². The summed E-state index contributed by atoms with van der Waals surface area (Å²) >= 11 is 0. The second kappa shape index (κ2) is 6.10. The van der Waals surface area contributed by atoms with E-state index < -0.39 is 11.6 Å². The smallest absolute Gasteiger partial charge is 0.227 e. The molecule has 2 aliphatic heterocycles. The van der Waals surface area contributed by atoms with Gasteiger partial charge in [-0.2, -0.15) is 0 Å². The van der Waals surface area contributed by atoms with E-state index in [2.05, 4.69) is 5.32 Å². The van der Waals surface area contributed by atoms with Gasteiger partial charge in [0, 0.05) is 18.7 Å². The van der Waals surface area contributed by atoms with Crippen molar-refractivity contribution in [2.24, 2.45) is 11.8 Å². The first-order valence-electron chi connectivity index (χ1n) is 7.56. The lowest BCUT2D eigenvalue weighted by Crippen LogP contribution is -2.34. The number of carbonyl (C=O) groups is 1. The zero-order chi connectivity index (χ0) is 14.8. The second-order valence-electron chi connectivity index (χ2n) is 6.03. The van der Waals surface area contributed by atoms with Crippen molar-refractivity contribution in [2.45, 2.75) is 19.3 Å². The number of benzene rings is 1. The van der Waals surface area contributed by atoms with E-state index in [1.165, 1.54) is 12.1 Å². The molecule has 1 aromatic carbocycles. The highest BCUT2D eigenvalue weighted by Gasteiger charge is 2.31. The van der Waals surface area contributed by atoms with E-state index in [4.69, 9.17) is 0 Å². The van der Waals surface area contributed by atoms with Crippen LogP contribution in [0, 0.1) is 23.5 Å². The Morgan fingerprint density at radius 3 is 2.52 bits per heavy atom. The fraction of sp³-hybridized carbons (Fsp3) is 0.562. The number of halogens is 2. The van der Waals surface area contributed by atoms with E-state index in [0.717, 1.165) is 45.1 Å². The molecule has 1 amide bonds. The van der Waals surface area contributed by atoms with Crippen LogP contribution in [0.3, 0.4) is 0 Å². The van der Waals surface area contributed by atoms with Crippen LogP contribution in [-0.4, -0.2) is 37.0 Å². The number of rotatable bonds is 2. The summed E-state index contributed by atoms with van der Waals surface area (Å²) in [7, 11) is 0. The standard InChI is InChI=1S/C16H20F2N2O/c17-14-3-1-2-11(16(14)18)8-15(21)20-6-4-12-9-19-10-13(12)5-7-20/h1-3,12-13,19H,4-10H2/t12-,13+. The molecule has 2 fully saturated rings. The molecule has 0 bridgehead atoms.